The zero-order valence-electron chi connectivity index (χ0n) is 30.8. The number of aliphatic hydroxyl groups excluding tert-OH is 1. The van der Waals surface area contributed by atoms with Gasteiger partial charge in [0.1, 0.15) is 31.1 Å². The topological polar surface area (TPSA) is 278 Å². The van der Waals surface area contributed by atoms with Gasteiger partial charge in [0, 0.05) is 42.2 Å². The molecule has 19 nitrogen and oxygen atoms in total. The molecular weight excluding hydrogens is 855 g/mol. The number of amidine groups is 2. The quantitative estimate of drug-likeness (QED) is 0.182. The molecular formula is C31H41N7O12S6. The van der Waals surface area contributed by atoms with Crippen LogP contribution in [0, 0.1) is 11.3 Å². The number of aliphatic carboxylic acids is 1. The van der Waals surface area contributed by atoms with Crippen molar-refractivity contribution in [3.8, 4) is 0 Å². The molecule has 2 atom stereocenters. The number of carboxylic acid groups (broad SMARTS) is 1. The van der Waals surface area contributed by atoms with E-state index in [1.807, 2.05) is 20.8 Å². The van der Waals surface area contributed by atoms with Gasteiger partial charge in [-0.25, -0.2) is 26.4 Å². The Morgan fingerprint density at radius 3 is 2.18 bits per heavy atom. The molecule has 56 heavy (non-hydrogen) atoms. The van der Waals surface area contributed by atoms with Crippen molar-refractivity contribution in [2.45, 2.75) is 87.8 Å². The largest absolute Gasteiger partial charge is 0.511 e. The van der Waals surface area contributed by atoms with Gasteiger partial charge >= 0.3 is 5.97 Å². The fraction of sp³-hybridized carbons (Fsp3) is 0.548. The van der Waals surface area contributed by atoms with E-state index in [0.29, 0.717) is 17.0 Å². The Hall–Kier alpha value is -3.46. The molecule has 1 aliphatic carbocycles. The number of anilines is 2. The number of carbonyl (C=O) groups is 2. The first-order valence-electron chi connectivity index (χ1n) is 17.2. The molecule has 2 unspecified atom stereocenters. The van der Waals surface area contributed by atoms with Crippen molar-refractivity contribution in [1.82, 2.24) is 13.9 Å². The summed E-state index contributed by atoms with van der Waals surface area (Å²) in [7, 11) is -17.8. The number of nitrogens with one attached hydrogen (secondary N) is 3. The van der Waals surface area contributed by atoms with E-state index < -0.39 is 98.0 Å². The molecule has 308 valence electrons. The molecule has 0 spiro atoms. The molecule has 0 aromatic carbocycles. The second-order valence-corrected chi connectivity index (χ2v) is 23.4. The zero-order valence-corrected chi connectivity index (χ0v) is 35.7. The zero-order chi connectivity index (χ0) is 41.3. The number of fused-ring (bicyclic) bond motifs is 2. The molecule has 1 amide bonds. The van der Waals surface area contributed by atoms with Gasteiger partial charge in [0.15, 0.2) is 17.7 Å². The van der Waals surface area contributed by atoms with Crippen LogP contribution in [-0.4, -0.2) is 108 Å². The molecule has 25 heteroatoms. The molecule has 3 aliphatic heterocycles. The second-order valence-electron chi connectivity index (χ2n) is 14.8. The maximum Gasteiger partial charge on any atom is 0.329 e. The number of sulfonamides is 4. The highest BCUT2D eigenvalue weighted by atomic mass is 32.2. The Morgan fingerprint density at radius 1 is 1.04 bits per heavy atom. The van der Waals surface area contributed by atoms with Crippen molar-refractivity contribution in [2.24, 2.45) is 20.1 Å². The van der Waals surface area contributed by atoms with Gasteiger partial charge in [-0.2, -0.15) is 21.1 Å². The van der Waals surface area contributed by atoms with Gasteiger partial charge < -0.3 is 25.7 Å². The van der Waals surface area contributed by atoms with Crippen LogP contribution >= 0.6 is 22.7 Å². The van der Waals surface area contributed by atoms with E-state index in [1.165, 1.54) is 10.8 Å². The Morgan fingerprint density at radius 2 is 1.62 bits per heavy atom. The lowest BCUT2D eigenvalue weighted by Gasteiger charge is -2.47. The molecule has 5 N–H and O–H groups in total. The Kier molecular flexibility index (Phi) is 11.1. The predicted molar refractivity (Wildman–Crippen MR) is 210 cm³/mol. The fourth-order valence-electron chi connectivity index (χ4n) is 6.81. The van der Waals surface area contributed by atoms with Gasteiger partial charge in [0.25, 0.3) is 26.0 Å². The minimum Gasteiger partial charge on any atom is -0.511 e. The summed E-state index contributed by atoms with van der Waals surface area (Å²) in [5.74, 6) is -3.66. The van der Waals surface area contributed by atoms with E-state index in [2.05, 4.69) is 24.2 Å². The summed E-state index contributed by atoms with van der Waals surface area (Å²) in [5, 5.41) is 29.8. The van der Waals surface area contributed by atoms with Crippen LogP contribution in [0.1, 0.15) is 64.0 Å². The number of hydrogen-bond donors (Lipinski definition) is 5. The number of rotatable bonds is 14. The number of thiophene rings is 2. The summed E-state index contributed by atoms with van der Waals surface area (Å²) in [6, 6.07) is -2.40. The Balaban J connectivity index is 1.35. The first kappa shape index (κ1) is 42.2. The normalized spacial score (nSPS) is 22.8. The molecule has 0 bridgehead atoms. The molecule has 2 aromatic heterocycles. The molecule has 1 fully saturated rings. The Labute approximate surface area is 332 Å². The summed E-state index contributed by atoms with van der Waals surface area (Å²) in [6.45, 7) is 4.80. The fourth-order valence-corrected chi connectivity index (χ4v) is 13.4. The van der Waals surface area contributed by atoms with Gasteiger partial charge in [0.05, 0.1) is 12.5 Å². The van der Waals surface area contributed by atoms with Crippen LogP contribution in [0.2, 0.25) is 0 Å². The standard InChI is InChI=1S/C31H41N7O12S6/c1-16(2)9-10-31(3)15-37(19-7-6-8-19)29(40)20(24(31)39)25-33-28-23(56(49,50)35-25)18(14-52-28)12-38(54(5,45)46)21(30(41)42)26-34-27-22(55(47,48)36-26)17(13-51-27)11-32-53(4,43)44/h13-14,16,19,21,32,39H,6-12,15H2,1-5H3,(H,33,35)(H,34,36)(H,41,42). The van der Waals surface area contributed by atoms with Gasteiger partial charge in [0.2, 0.25) is 20.0 Å². The van der Waals surface area contributed by atoms with Crippen molar-refractivity contribution >= 4 is 96.3 Å². The number of carboxylic acids is 1. The molecule has 1 saturated carbocycles. The van der Waals surface area contributed by atoms with Gasteiger partial charge in [-0.05, 0) is 48.8 Å². The molecule has 0 saturated heterocycles. The highest BCUT2D eigenvalue weighted by molar-refractivity contribution is 7.91. The maximum absolute atomic E-state index is 14.0. The Bertz CT molecular complexity index is 2540. The van der Waals surface area contributed by atoms with Crippen molar-refractivity contribution < 1.29 is 53.5 Å². The molecule has 0 radical (unpaired) electrons. The van der Waals surface area contributed by atoms with E-state index in [4.69, 9.17) is 0 Å². The maximum atomic E-state index is 14.0. The highest BCUT2D eigenvalue weighted by Crippen LogP contribution is 2.45. The minimum absolute atomic E-state index is 0.00930. The van der Waals surface area contributed by atoms with Crippen LogP contribution in [0.3, 0.4) is 0 Å². The van der Waals surface area contributed by atoms with Crippen molar-refractivity contribution in [1.29, 1.82) is 0 Å². The number of aliphatic hydroxyl groups is 1. The third kappa shape index (κ3) is 8.13. The molecule has 6 rings (SSSR count). The summed E-state index contributed by atoms with van der Waals surface area (Å²) in [4.78, 5) is 27.5. The number of nitrogens with zero attached hydrogens (tertiary/aromatic N) is 4. The average Bonchev–Trinajstić information content (AvgIpc) is 3.64. The summed E-state index contributed by atoms with van der Waals surface area (Å²) >= 11 is 1.60. The molecule has 2 aromatic rings. The number of carbonyl (C=O) groups excluding carboxylic acids is 1. The van der Waals surface area contributed by atoms with Crippen molar-refractivity contribution in [2.75, 3.05) is 29.7 Å². The lowest BCUT2D eigenvalue weighted by molar-refractivity contribution is -0.139. The van der Waals surface area contributed by atoms with E-state index in [0.717, 1.165) is 54.6 Å². The monoisotopic (exact) mass is 895 g/mol. The molecule has 5 heterocycles. The number of amides is 1. The first-order valence-corrected chi connectivity index (χ1v) is 25.5. The molecule has 4 aliphatic rings. The van der Waals surface area contributed by atoms with E-state index in [9.17, 15) is 53.5 Å². The average molecular weight is 896 g/mol. The van der Waals surface area contributed by atoms with Gasteiger partial charge in [-0.1, -0.05) is 20.8 Å². The van der Waals surface area contributed by atoms with Gasteiger partial charge in [-0.15, -0.1) is 31.5 Å². The van der Waals surface area contributed by atoms with E-state index in [-0.39, 0.29) is 51.0 Å². The first-order chi connectivity index (χ1) is 25.8. The lowest BCUT2D eigenvalue weighted by atomic mass is 9.75. The van der Waals surface area contributed by atoms with Crippen molar-refractivity contribution in [3.05, 3.63) is 33.2 Å². The summed E-state index contributed by atoms with van der Waals surface area (Å²) in [6.07, 6.45) is 5.20. The van der Waals surface area contributed by atoms with E-state index >= 15 is 0 Å². The van der Waals surface area contributed by atoms with E-state index in [1.54, 1.807) is 4.90 Å². The third-order valence-electron chi connectivity index (χ3n) is 9.94. The third-order valence-corrected chi connectivity index (χ3v) is 16.8. The van der Waals surface area contributed by atoms with Crippen LogP contribution in [0.5, 0.6) is 0 Å². The van der Waals surface area contributed by atoms with Crippen LogP contribution in [0.25, 0.3) is 0 Å². The van der Waals surface area contributed by atoms with Crippen molar-refractivity contribution in [3.63, 3.8) is 0 Å². The summed E-state index contributed by atoms with van der Waals surface area (Å²) < 4.78 is 114. The SMILES string of the molecule is CC(C)CCC1(C)CN(C2CCC2)C(=O)C(C2=NS(=O)(=O)c3c(CN(C(C(=O)O)C4=NS(=O)(=O)c5c(CNS(C)(=O)=O)csc5N4)S(C)(=O)=O)csc3N2)=C1O. The lowest BCUT2D eigenvalue weighted by Crippen LogP contribution is -2.55. The predicted octanol–water partition coefficient (Wildman–Crippen LogP) is 2.45. The van der Waals surface area contributed by atoms with Crippen LogP contribution in [0.4, 0.5) is 10.0 Å². The van der Waals surface area contributed by atoms with Crippen LogP contribution < -0.4 is 15.4 Å². The highest BCUT2D eigenvalue weighted by Gasteiger charge is 2.49. The van der Waals surface area contributed by atoms with Crippen LogP contribution in [0.15, 0.2) is 40.7 Å². The number of hydrogen-bond acceptors (Lipinski definition) is 15. The minimum atomic E-state index is -4.74. The van der Waals surface area contributed by atoms with Crippen LogP contribution in [-0.2, 0) is 62.8 Å². The second kappa shape index (κ2) is 14.7. The summed E-state index contributed by atoms with van der Waals surface area (Å²) in [5.41, 5.74) is -1.39. The van der Waals surface area contributed by atoms with Gasteiger partial charge in [-0.3, -0.25) is 4.79 Å². The smallest absolute Gasteiger partial charge is 0.329 e.